The molecule has 69 heavy (non-hydrogen) atoms. The Hall–Kier alpha value is -8.03. The molecule has 12 rings (SSSR count). The summed E-state index contributed by atoms with van der Waals surface area (Å²) >= 11 is 0. The molecule has 1 radical (unpaired) electrons. The largest absolute Gasteiger partial charge is 2.00 e. The molecule has 6 aromatic heterocycles. The standard InChI is InChI=1S/2C26H18N4O3S.Co/c2*31-34(32,33)23-9-1-16(2-10-23)26-24-11-7-21(29-24)14-19-5-3-17(27-19)13-18-4-6-20(28-18)15-22-8-12-25(26)30-22;/h2*1-15,27,30H,(H,31,32,33);/q;;+2/p-2. The molecule has 16 bridgehead atoms. The summed E-state index contributed by atoms with van der Waals surface area (Å²) in [6.07, 6.45) is 15.5. The number of rotatable bonds is 4. The molecule has 14 nitrogen and oxygen atoms in total. The van der Waals surface area contributed by atoms with Crippen LogP contribution in [0.25, 0.3) is 115 Å². The number of hydrogen-bond donors (Lipinski definition) is 4. The van der Waals surface area contributed by atoms with Gasteiger partial charge in [-0.2, -0.15) is 0 Å². The van der Waals surface area contributed by atoms with Gasteiger partial charge >= 0.3 is 16.8 Å². The third-order valence-electron chi connectivity index (χ3n) is 11.3. The zero-order valence-corrected chi connectivity index (χ0v) is 38.4. The topological polar surface area (TPSA) is 229 Å². The van der Waals surface area contributed by atoms with Crippen molar-refractivity contribution in [1.82, 2.24) is 39.9 Å². The van der Waals surface area contributed by atoms with E-state index in [0.29, 0.717) is 0 Å². The summed E-state index contributed by atoms with van der Waals surface area (Å²) in [7, 11) is -9.06. The second-order valence-corrected chi connectivity index (χ2v) is 18.8. The molecule has 0 spiro atoms. The molecule has 4 N–H and O–H groups in total. The summed E-state index contributed by atoms with van der Waals surface area (Å²) in [6.45, 7) is 0. The number of hydrogen-bond acceptors (Lipinski definition) is 10. The zero-order valence-electron chi connectivity index (χ0n) is 35.7. The first-order valence-corrected chi connectivity index (χ1v) is 23.9. The Morgan fingerprint density at radius 1 is 0.333 bits per heavy atom. The van der Waals surface area contributed by atoms with E-state index >= 15 is 0 Å². The van der Waals surface area contributed by atoms with Gasteiger partial charge < -0.3 is 29.0 Å². The summed E-state index contributed by atoms with van der Waals surface area (Å²) in [4.78, 5) is 31.9. The summed E-state index contributed by atoms with van der Waals surface area (Å²) in [5.74, 6) is 0. The minimum absolute atomic E-state index is 0. The Labute approximate surface area is 404 Å². The van der Waals surface area contributed by atoms with Crippen LogP contribution in [-0.2, 0) is 37.0 Å². The van der Waals surface area contributed by atoms with Crippen molar-refractivity contribution >= 4 is 113 Å². The van der Waals surface area contributed by atoms with E-state index in [1.165, 1.54) is 24.3 Å². The number of benzene rings is 2. The molecule has 0 unspecified atom stereocenters. The molecule has 8 aromatic rings. The molecule has 0 atom stereocenters. The fourth-order valence-electron chi connectivity index (χ4n) is 8.20. The van der Waals surface area contributed by atoms with Crippen LogP contribution < -0.4 is 0 Å². The van der Waals surface area contributed by atoms with Crippen LogP contribution in [0.4, 0.5) is 0 Å². The van der Waals surface area contributed by atoms with Crippen LogP contribution in [-0.4, -0.2) is 65.8 Å². The van der Waals surface area contributed by atoms with Crippen molar-refractivity contribution in [2.24, 2.45) is 0 Å². The first kappa shape index (κ1) is 44.8. The van der Waals surface area contributed by atoms with Gasteiger partial charge in [0.2, 0.25) is 0 Å². The van der Waals surface area contributed by atoms with Crippen molar-refractivity contribution < 1.29 is 42.7 Å². The Morgan fingerprint density at radius 2 is 0.609 bits per heavy atom. The monoisotopic (exact) mass is 989 g/mol. The van der Waals surface area contributed by atoms with E-state index in [0.717, 1.165) is 112 Å². The predicted octanol–water partition coefficient (Wildman–Crippen LogP) is 10.5. The van der Waals surface area contributed by atoms with E-state index in [-0.39, 0.29) is 26.6 Å². The van der Waals surface area contributed by atoms with Gasteiger partial charge in [-0.1, -0.05) is 24.3 Å². The van der Waals surface area contributed by atoms with Crippen molar-refractivity contribution in [3.05, 3.63) is 179 Å². The molecule has 10 heterocycles. The van der Waals surface area contributed by atoms with Crippen LogP contribution in [0.2, 0.25) is 0 Å². The molecule has 17 heteroatoms. The summed E-state index contributed by atoms with van der Waals surface area (Å²) in [5, 5.41) is 0. The fourth-order valence-corrected chi connectivity index (χ4v) is 9.14. The quantitative estimate of drug-likeness (QED) is 0.122. The second-order valence-electron chi connectivity index (χ2n) is 16.1. The van der Waals surface area contributed by atoms with Gasteiger partial charge in [-0.25, -0.2) is 36.8 Å². The Bertz CT molecular complexity index is 3830. The number of nitrogens with one attached hydrogen (secondary N) is 4. The first-order valence-electron chi connectivity index (χ1n) is 21.1. The third-order valence-corrected chi connectivity index (χ3v) is 13.0. The maximum Gasteiger partial charge on any atom is 2.00 e. The molecular formula is C52H34CoN8O6S2. The van der Waals surface area contributed by atoms with Gasteiger partial charge in [0.05, 0.1) is 55.3 Å². The Kier molecular flexibility index (Phi) is 11.6. The van der Waals surface area contributed by atoms with E-state index < -0.39 is 20.2 Å². The van der Waals surface area contributed by atoms with Gasteiger partial charge in [0.1, 0.15) is 20.2 Å². The summed E-state index contributed by atoms with van der Waals surface area (Å²) in [6, 6.07) is 39.3. The second kappa shape index (κ2) is 17.9. The number of H-pyrrole nitrogens is 4. The minimum Gasteiger partial charge on any atom is -0.744 e. The van der Waals surface area contributed by atoms with Gasteiger partial charge in [-0.15, -0.1) is 0 Å². The van der Waals surface area contributed by atoms with Crippen LogP contribution in [0.3, 0.4) is 0 Å². The van der Waals surface area contributed by atoms with E-state index in [2.05, 4.69) is 29.9 Å². The summed E-state index contributed by atoms with van der Waals surface area (Å²) in [5.41, 5.74) is 16.4. The van der Waals surface area contributed by atoms with Gasteiger partial charge in [0.15, 0.2) is 0 Å². The average molecular weight is 990 g/mol. The smallest absolute Gasteiger partial charge is 0.744 e. The number of aromatic nitrogens is 8. The SMILES string of the molecule is O=S(=O)([O-])c1ccc(-c2c3nc(cc4ccc(cc5nc(cc6ccc2[nH]6)C=C5)[nH]4)C=C3)cc1.O=S(=O)([O-])c1ccc(-c2c3nc(cc4ccc(cc5nc(cc6ccc2[nH]6)C=C5)[nH]4)C=C3)cc1.[Co+2]. The van der Waals surface area contributed by atoms with Crippen molar-refractivity contribution in [3.63, 3.8) is 0 Å². The summed E-state index contributed by atoms with van der Waals surface area (Å²) < 4.78 is 68.3. The van der Waals surface area contributed by atoms with Crippen LogP contribution in [0.1, 0.15) is 45.6 Å². The van der Waals surface area contributed by atoms with Gasteiger partial charge in [0, 0.05) is 55.3 Å². The van der Waals surface area contributed by atoms with Gasteiger partial charge in [-0.3, -0.25) is 0 Å². The van der Waals surface area contributed by atoms with Crippen LogP contribution in [0.5, 0.6) is 0 Å². The molecule has 4 aliphatic rings. The van der Waals surface area contributed by atoms with Crippen LogP contribution >= 0.6 is 0 Å². The molecule has 0 fully saturated rings. The Balaban J connectivity index is 0.000000158. The molecule has 0 amide bonds. The van der Waals surface area contributed by atoms with Crippen molar-refractivity contribution in [2.75, 3.05) is 0 Å². The third kappa shape index (κ3) is 9.72. The van der Waals surface area contributed by atoms with E-state index in [1.807, 2.05) is 134 Å². The molecule has 339 valence electrons. The van der Waals surface area contributed by atoms with Crippen molar-refractivity contribution in [1.29, 1.82) is 0 Å². The normalized spacial score (nSPS) is 12.7. The molecule has 0 aliphatic carbocycles. The molecule has 4 aliphatic heterocycles. The van der Waals surface area contributed by atoms with E-state index in [9.17, 15) is 25.9 Å². The van der Waals surface area contributed by atoms with Crippen molar-refractivity contribution in [3.8, 4) is 22.3 Å². The van der Waals surface area contributed by atoms with Crippen LogP contribution in [0, 0.1) is 0 Å². The maximum atomic E-state index is 11.4. The van der Waals surface area contributed by atoms with E-state index in [1.54, 1.807) is 24.3 Å². The van der Waals surface area contributed by atoms with Gasteiger partial charge in [0.25, 0.3) is 0 Å². The molecule has 2 aromatic carbocycles. The number of aromatic amines is 4. The molecule has 0 saturated carbocycles. The zero-order chi connectivity index (χ0) is 46.6. The van der Waals surface area contributed by atoms with Crippen molar-refractivity contribution in [2.45, 2.75) is 9.79 Å². The predicted molar refractivity (Wildman–Crippen MR) is 265 cm³/mol. The molecular weight excluding hydrogens is 956 g/mol. The number of fused-ring (bicyclic) bond motifs is 16. The van der Waals surface area contributed by atoms with Crippen LogP contribution in [0.15, 0.2) is 143 Å². The average Bonchev–Trinajstić information content (AvgIpc) is 4.16. The minimum atomic E-state index is -4.53. The first-order chi connectivity index (χ1) is 32.8. The fraction of sp³-hybridized carbons (Fsp3) is 0. The Morgan fingerprint density at radius 3 is 0.928 bits per heavy atom. The van der Waals surface area contributed by atoms with E-state index in [4.69, 9.17) is 9.97 Å². The molecule has 0 saturated heterocycles. The van der Waals surface area contributed by atoms with Gasteiger partial charge in [-0.05, 0) is 169 Å². The maximum absolute atomic E-state index is 11.4. The number of nitrogens with zero attached hydrogens (tertiary/aromatic N) is 4.